The molecule has 0 atom stereocenters. The lowest BCUT2D eigenvalue weighted by Gasteiger charge is -2.13. The first-order chi connectivity index (χ1) is 9.72. The summed E-state index contributed by atoms with van der Waals surface area (Å²) in [5.41, 5.74) is 1.02. The molecule has 0 aromatic carbocycles. The first-order valence-electron chi connectivity index (χ1n) is 7.94. The van der Waals surface area contributed by atoms with E-state index < -0.39 is 0 Å². The van der Waals surface area contributed by atoms with Gasteiger partial charge in [-0.25, -0.2) is 9.97 Å². The molecule has 0 bridgehead atoms. The van der Waals surface area contributed by atoms with Crippen molar-refractivity contribution < 1.29 is 4.74 Å². The van der Waals surface area contributed by atoms with Crippen molar-refractivity contribution in [2.45, 2.75) is 64.5 Å². The Balaban J connectivity index is 1.63. The Kier molecular flexibility index (Phi) is 4.20. The van der Waals surface area contributed by atoms with Crippen molar-refractivity contribution in [1.29, 1.82) is 0 Å². The lowest BCUT2D eigenvalue weighted by molar-refractivity contribution is 0.295. The number of rotatable bonds is 8. The van der Waals surface area contributed by atoms with Gasteiger partial charge in [-0.15, -0.1) is 0 Å². The topological polar surface area (TPSA) is 47.0 Å². The van der Waals surface area contributed by atoms with Crippen LogP contribution in [0.5, 0.6) is 5.75 Å². The second kappa shape index (κ2) is 6.08. The summed E-state index contributed by atoms with van der Waals surface area (Å²) >= 11 is 0. The van der Waals surface area contributed by atoms with E-state index in [0.29, 0.717) is 12.0 Å². The van der Waals surface area contributed by atoms with Gasteiger partial charge in [0.2, 0.25) is 0 Å². The fourth-order valence-electron chi connectivity index (χ4n) is 2.22. The summed E-state index contributed by atoms with van der Waals surface area (Å²) in [7, 11) is 0. The van der Waals surface area contributed by atoms with Gasteiger partial charge in [0.15, 0.2) is 5.75 Å². The summed E-state index contributed by atoms with van der Waals surface area (Å²) in [4.78, 5) is 9.12. The summed E-state index contributed by atoms with van der Waals surface area (Å²) in [6, 6.07) is 0.687. The van der Waals surface area contributed by atoms with E-state index in [1.54, 1.807) is 0 Å². The van der Waals surface area contributed by atoms with Crippen LogP contribution in [0.25, 0.3) is 0 Å². The molecule has 2 saturated carbocycles. The predicted octanol–water partition coefficient (Wildman–Crippen LogP) is 3.03. The van der Waals surface area contributed by atoms with Crippen molar-refractivity contribution in [3.63, 3.8) is 0 Å². The molecule has 0 radical (unpaired) electrons. The molecule has 3 rings (SSSR count). The summed E-state index contributed by atoms with van der Waals surface area (Å²) < 4.78 is 5.91. The van der Waals surface area contributed by atoms with E-state index in [-0.39, 0.29) is 0 Å². The van der Waals surface area contributed by atoms with Crippen molar-refractivity contribution in [2.75, 3.05) is 6.61 Å². The van der Waals surface area contributed by atoms with Gasteiger partial charge in [0.1, 0.15) is 5.82 Å². The Labute approximate surface area is 121 Å². The standard InChI is InChI=1S/C16H25N3O/c1-11(2)16-18-10-15(20-8-7-12-3-4-12)14(19-16)9-17-13-5-6-13/h10-13,17H,3-9H2,1-2H3. The fourth-order valence-corrected chi connectivity index (χ4v) is 2.22. The van der Waals surface area contributed by atoms with Crippen LogP contribution < -0.4 is 10.1 Å². The van der Waals surface area contributed by atoms with Crippen molar-refractivity contribution in [2.24, 2.45) is 5.92 Å². The van der Waals surface area contributed by atoms with Crippen LogP contribution in [-0.2, 0) is 6.54 Å². The van der Waals surface area contributed by atoms with Gasteiger partial charge in [0.05, 0.1) is 18.5 Å². The summed E-state index contributed by atoms with van der Waals surface area (Å²) in [6.45, 7) is 5.85. The quantitative estimate of drug-likeness (QED) is 0.792. The van der Waals surface area contributed by atoms with Crippen LogP contribution in [0.2, 0.25) is 0 Å². The lowest BCUT2D eigenvalue weighted by Crippen LogP contribution is -2.18. The zero-order valence-corrected chi connectivity index (χ0v) is 12.6. The third-order valence-electron chi connectivity index (χ3n) is 3.98. The third kappa shape index (κ3) is 3.92. The Hall–Kier alpha value is -1.16. The molecule has 20 heavy (non-hydrogen) atoms. The van der Waals surface area contributed by atoms with E-state index in [1.807, 2.05) is 6.20 Å². The van der Waals surface area contributed by atoms with E-state index in [2.05, 4.69) is 29.1 Å². The van der Waals surface area contributed by atoms with E-state index in [9.17, 15) is 0 Å². The summed E-state index contributed by atoms with van der Waals surface area (Å²) in [6.07, 6.45) is 8.37. The molecule has 1 heterocycles. The zero-order chi connectivity index (χ0) is 13.9. The van der Waals surface area contributed by atoms with Crippen LogP contribution in [0, 0.1) is 5.92 Å². The molecule has 0 saturated heterocycles. The Morgan fingerprint density at radius 2 is 2.10 bits per heavy atom. The molecule has 4 heteroatoms. The maximum absolute atomic E-state index is 5.91. The zero-order valence-electron chi connectivity index (χ0n) is 12.6. The number of aromatic nitrogens is 2. The molecule has 4 nitrogen and oxygen atoms in total. The van der Waals surface area contributed by atoms with E-state index >= 15 is 0 Å². The minimum atomic E-state index is 0.357. The monoisotopic (exact) mass is 275 g/mol. The van der Waals surface area contributed by atoms with Gasteiger partial charge >= 0.3 is 0 Å². The predicted molar refractivity (Wildman–Crippen MR) is 78.8 cm³/mol. The van der Waals surface area contributed by atoms with Gasteiger partial charge in [-0.3, -0.25) is 0 Å². The van der Waals surface area contributed by atoms with Crippen LogP contribution in [0.3, 0.4) is 0 Å². The van der Waals surface area contributed by atoms with Crippen LogP contribution in [0.4, 0.5) is 0 Å². The van der Waals surface area contributed by atoms with E-state index in [4.69, 9.17) is 4.74 Å². The second-order valence-electron chi connectivity index (χ2n) is 6.43. The smallest absolute Gasteiger partial charge is 0.160 e. The Morgan fingerprint density at radius 3 is 2.75 bits per heavy atom. The molecule has 0 aliphatic heterocycles. The van der Waals surface area contributed by atoms with Crippen LogP contribution >= 0.6 is 0 Å². The van der Waals surface area contributed by atoms with Gasteiger partial charge < -0.3 is 10.1 Å². The molecular weight excluding hydrogens is 250 g/mol. The highest BCUT2D eigenvalue weighted by molar-refractivity contribution is 5.25. The normalized spacial score (nSPS) is 18.6. The molecule has 1 N–H and O–H groups in total. The number of nitrogens with one attached hydrogen (secondary N) is 1. The van der Waals surface area contributed by atoms with Crippen LogP contribution in [0.1, 0.15) is 63.4 Å². The average molecular weight is 275 g/mol. The fraction of sp³-hybridized carbons (Fsp3) is 0.750. The van der Waals surface area contributed by atoms with Crippen molar-refractivity contribution in [1.82, 2.24) is 15.3 Å². The van der Waals surface area contributed by atoms with Crippen LogP contribution in [-0.4, -0.2) is 22.6 Å². The van der Waals surface area contributed by atoms with Gasteiger partial charge in [-0.05, 0) is 25.2 Å². The number of ether oxygens (including phenoxy) is 1. The minimum absolute atomic E-state index is 0.357. The minimum Gasteiger partial charge on any atom is -0.490 e. The van der Waals surface area contributed by atoms with Crippen molar-refractivity contribution in [3.8, 4) is 5.75 Å². The van der Waals surface area contributed by atoms with Crippen molar-refractivity contribution >= 4 is 0 Å². The van der Waals surface area contributed by atoms with Gasteiger partial charge in [-0.2, -0.15) is 0 Å². The molecule has 0 unspecified atom stereocenters. The number of hydrogen-bond acceptors (Lipinski definition) is 4. The third-order valence-corrected chi connectivity index (χ3v) is 3.98. The molecule has 0 amide bonds. The molecule has 0 spiro atoms. The number of hydrogen-bond donors (Lipinski definition) is 1. The maximum atomic E-state index is 5.91. The largest absolute Gasteiger partial charge is 0.490 e. The first kappa shape index (κ1) is 13.8. The molecule has 2 fully saturated rings. The first-order valence-corrected chi connectivity index (χ1v) is 7.94. The van der Waals surface area contributed by atoms with Gasteiger partial charge in [0, 0.05) is 18.5 Å². The number of nitrogens with zero attached hydrogens (tertiary/aromatic N) is 2. The second-order valence-corrected chi connectivity index (χ2v) is 6.43. The summed E-state index contributed by atoms with van der Waals surface area (Å²) in [5, 5.41) is 3.52. The Bertz CT molecular complexity index is 453. The summed E-state index contributed by atoms with van der Waals surface area (Å²) in [5.74, 6) is 3.03. The average Bonchev–Trinajstić information content (AvgIpc) is 3.31. The highest BCUT2D eigenvalue weighted by Gasteiger charge is 2.23. The molecule has 2 aliphatic rings. The molecule has 1 aromatic heterocycles. The Morgan fingerprint density at radius 1 is 1.30 bits per heavy atom. The molecule has 2 aliphatic carbocycles. The van der Waals surface area contributed by atoms with Crippen LogP contribution in [0.15, 0.2) is 6.20 Å². The van der Waals surface area contributed by atoms with Gasteiger partial charge in [-0.1, -0.05) is 26.7 Å². The SMILES string of the molecule is CC(C)c1ncc(OCCC2CC2)c(CNC2CC2)n1. The highest BCUT2D eigenvalue weighted by Crippen LogP contribution is 2.32. The van der Waals surface area contributed by atoms with Gasteiger partial charge in [0.25, 0.3) is 0 Å². The maximum Gasteiger partial charge on any atom is 0.160 e. The lowest BCUT2D eigenvalue weighted by atomic mass is 10.2. The van der Waals surface area contributed by atoms with Crippen molar-refractivity contribution in [3.05, 3.63) is 17.7 Å². The molecule has 1 aromatic rings. The molecule has 110 valence electrons. The molecular formula is C16H25N3O. The highest BCUT2D eigenvalue weighted by atomic mass is 16.5. The van der Waals surface area contributed by atoms with E-state index in [0.717, 1.165) is 36.3 Å². The van der Waals surface area contributed by atoms with E-state index in [1.165, 1.54) is 32.1 Å².